The Bertz CT molecular complexity index is 2460. The second-order valence-electron chi connectivity index (χ2n) is 14.3. The minimum Gasteiger partial charge on any atom is -0.447 e. The van der Waals surface area contributed by atoms with Crippen molar-refractivity contribution in [3.63, 3.8) is 0 Å². The number of carbonyl (C=O) groups excluding carboxylic acids is 4. The monoisotopic (exact) mass is 909 g/mol. The Morgan fingerprint density at radius 1 is 0.656 bits per heavy atom. The second-order valence-corrected chi connectivity index (χ2v) is 15.1. The van der Waals surface area contributed by atoms with E-state index in [1.165, 1.54) is 16.8 Å². The first-order valence-corrected chi connectivity index (χ1v) is 21.5. The first-order valence-electron chi connectivity index (χ1n) is 20.8. The third-order valence-corrected chi connectivity index (χ3v) is 10.4. The van der Waals surface area contributed by atoms with Crippen LogP contribution in [0.15, 0.2) is 122 Å². The molecule has 0 aliphatic rings. The molecular formula is C47H53Cl2N9O6. The zero-order valence-corrected chi connectivity index (χ0v) is 37.3. The van der Waals surface area contributed by atoms with E-state index in [-0.39, 0.29) is 44.0 Å². The van der Waals surface area contributed by atoms with Crippen LogP contribution in [0.5, 0.6) is 0 Å². The SMILES string of the molecule is CC(=O)N(CCCC(=O)Nc1cc2ccccc2cn1)NCc1ccccc1Cl.CNCCOCCN(CCOC(=O)Nc1cc2ccccc2cn1)C(=O)NCc1ccccc1Cl. The number of benzene rings is 4. The van der Waals surface area contributed by atoms with Gasteiger partial charge in [-0.3, -0.25) is 19.9 Å². The molecule has 0 fully saturated rings. The Kier molecular flexibility index (Phi) is 20.0. The minimum atomic E-state index is -0.644. The molecule has 2 heterocycles. The summed E-state index contributed by atoms with van der Waals surface area (Å²) in [6, 6.07) is 33.6. The largest absolute Gasteiger partial charge is 0.447 e. The molecule has 2 aromatic heterocycles. The van der Waals surface area contributed by atoms with Crippen LogP contribution in [0.2, 0.25) is 10.0 Å². The van der Waals surface area contributed by atoms with Gasteiger partial charge in [-0.05, 0) is 59.6 Å². The van der Waals surface area contributed by atoms with Crippen molar-refractivity contribution in [1.82, 2.24) is 35.9 Å². The van der Waals surface area contributed by atoms with Crippen LogP contribution in [0, 0.1) is 0 Å². The number of pyridine rings is 2. The van der Waals surface area contributed by atoms with Crippen LogP contribution >= 0.6 is 23.2 Å². The number of ether oxygens (including phenoxy) is 2. The number of hydrogen-bond donors (Lipinski definition) is 5. The highest BCUT2D eigenvalue weighted by atomic mass is 35.5. The van der Waals surface area contributed by atoms with Crippen molar-refractivity contribution in [1.29, 1.82) is 0 Å². The van der Waals surface area contributed by atoms with Gasteiger partial charge in [-0.2, -0.15) is 0 Å². The van der Waals surface area contributed by atoms with Gasteiger partial charge in [0.2, 0.25) is 11.8 Å². The van der Waals surface area contributed by atoms with E-state index in [0.717, 1.165) is 32.7 Å². The van der Waals surface area contributed by atoms with Crippen molar-refractivity contribution in [2.24, 2.45) is 0 Å². The number of carbonyl (C=O) groups is 4. The van der Waals surface area contributed by atoms with Crippen LogP contribution in [0.4, 0.5) is 21.2 Å². The number of anilines is 2. The van der Waals surface area contributed by atoms with Crippen molar-refractivity contribution in [3.05, 3.63) is 143 Å². The van der Waals surface area contributed by atoms with E-state index in [9.17, 15) is 19.2 Å². The Labute approximate surface area is 382 Å². The normalized spacial score (nSPS) is 10.7. The third kappa shape index (κ3) is 16.4. The van der Waals surface area contributed by atoms with Crippen LogP contribution in [0.25, 0.3) is 21.5 Å². The van der Waals surface area contributed by atoms with E-state index < -0.39 is 6.09 Å². The van der Waals surface area contributed by atoms with Crippen LogP contribution in [-0.2, 0) is 32.2 Å². The van der Waals surface area contributed by atoms with Gasteiger partial charge >= 0.3 is 12.1 Å². The van der Waals surface area contributed by atoms with Gasteiger partial charge in [0, 0.05) is 79.3 Å². The molecule has 0 aliphatic carbocycles. The Morgan fingerprint density at radius 3 is 1.80 bits per heavy atom. The lowest BCUT2D eigenvalue weighted by molar-refractivity contribution is -0.132. The first kappa shape index (κ1) is 48.7. The fraction of sp³-hybridized carbons (Fsp3) is 0.277. The summed E-state index contributed by atoms with van der Waals surface area (Å²) in [5, 5.41) is 18.0. The van der Waals surface area contributed by atoms with E-state index in [0.29, 0.717) is 67.5 Å². The molecule has 0 atom stereocenters. The maximum absolute atomic E-state index is 12.8. The highest BCUT2D eigenvalue weighted by Gasteiger charge is 2.16. The summed E-state index contributed by atoms with van der Waals surface area (Å²) in [7, 11) is 1.84. The molecule has 0 saturated carbocycles. The Hall–Kier alpha value is -6.36. The smallest absolute Gasteiger partial charge is 0.412 e. The number of amides is 5. The summed E-state index contributed by atoms with van der Waals surface area (Å²) in [5.74, 6) is 0.658. The van der Waals surface area contributed by atoms with E-state index in [2.05, 4.69) is 36.7 Å². The van der Waals surface area contributed by atoms with Crippen LogP contribution < -0.4 is 26.7 Å². The van der Waals surface area contributed by atoms with E-state index >= 15 is 0 Å². The van der Waals surface area contributed by atoms with Crippen molar-refractivity contribution in [2.45, 2.75) is 32.9 Å². The zero-order chi connectivity index (χ0) is 45.5. The highest BCUT2D eigenvalue weighted by molar-refractivity contribution is 6.31. The Morgan fingerprint density at radius 2 is 1.20 bits per heavy atom. The minimum absolute atomic E-state index is 0.00937. The first-order chi connectivity index (χ1) is 31.1. The number of hydrazine groups is 1. The van der Waals surface area contributed by atoms with Gasteiger partial charge in [0.05, 0.1) is 19.8 Å². The number of hydrogen-bond acceptors (Lipinski definition) is 10. The number of urea groups is 1. The summed E-state index contributed by atoms with van der Waals surface area (Å²) in [4.78, 5) is 59.1. The molecule has 0 saturated heterocycles. The number of fused-ring (bicyclic) bond motifs is 2. The van der Waals surface area contributed by atoms with E-state index in [4.69, 9.17) is 32.7 Å². The average Bonchev–Trinajstić information content (AvgIpc) is 3.29. The maximum atomic E-state index is 12.8. The van der Waals surface area contributed by atoms with Gasteiger partial charge < -0.3 is 30.3 Å². The van der Waals surface area contributed by atoms with Crippen molar-refractivity contribution < 1.29 is 28.7 Å². The standard InChI is InChI=1S/C25H30ClN5O4.C22H23ClN4O2/c1-27-10-13-34-14-11-31(24(32)29-18-21-8-4-5-9-22(21)26)12-15-35-25(33)30-23-16-19-6-2-3-7-20(19)17-28-23;1-16(28)27(25-15-19-9-4-5-10-20(19)23)12-6-11-22(29)26-21-13-17-7-2-3-8-18(17)14-24-21/h2-9,16-17,27H,10-15,18H2,1H3,(H,29,32)(H,28,30,33);2-5,7-10,13-14,25H,6,11-12,15H2,1H3,(H,24,26,29). The van der Waals surface area contributed by atoms with Crippen LogP contribution in [0.1, 0.15) is 30.9 Å². The van der Waals surface area contributed by atoms with Gasteiger partial charge in [-0.25, -0.2) is 25.0 Å². The van der Waals surface area contributed by atoms with Crippen molar-refractivity contribution in [3.8, 4) is 0 Å². The lowest BCUT2D eigenvalue weighted by Gasteiger charge is -2.23. The number of halogens is 2. The molecule has 5 N–H and O–H groups in total. The van der Waals surface area contributed by atoms with E-state index in [1.54, 1.807) is 24.5 Å². The molecule has 0 aliphatic heterocycles. The molecule has 6 rings (SSSR count). The van der Waals surface area contributed by atoms with Crippen LogP contribution in [-0.4, -0.2) is 96.9 Å². The molecule has 0 radical (unpaired) electrons. The number of likely N-dealkylation sites (N-methyl/N-ethyl adjacent to an activating group) is 1. The van der Waals surface area contributed by atoms with Crippen molar-refractivity contribution in [2.75, 3.05) is 63.7 Å². The fourth-order valence-corrected chi connectivity index (χ4v) is 6.56. The van der Waals surface area contributed by atoms with Gasteiger partial charge in [0.1, 0.15) is 18.2 Å². The number of nitrogens with zero attached hydrogens (tertiary/aromatic N) is 4. The highest BCUT2D eigenvalue weighted by Crippen LogP contribution is 2.19. The van der Waals surface area contributed by atoms with Gasteiger partial charge in [-0.15, -0.1) is 0 Å². The fourth-order valence-electron chi connectivity index (χ4n) is 6.16. The second kappa shape index (κ2) is 26.3. The third-order valence-electron chi connectivity index (χ3n) is 9.61. The molecule has 336 valence electrons. The summed E-state index contributed by atoms with van der Waals surface area (Å²) in [5.41, 5.74) is 4.79. The zero-order valence-electron chi connectivity index (χ0n) is 35.8. The molecule has 4 aromatic carbocycles. The summed E-state index contributed by atoms with van der Waals surface area (Å²) < 4.78 is 10.8. The number of nitrogens with one attached hydrogen (secondary N) is 5. The van der Waals surface area contributed by atoms with Gasteiger partial charge in [0.25, 0.3) is 0 Å². The van der Waals surface area contributed by atoms with Crippen molar-refractivity contribution >= 4 is 80.3 Å². The molecule has 6 aromatic rings. The summed E-state index contributed by atoms with van der Waals surface area (Å²) in [6.45, 7) is 4.77. The lowest BCUT2D eigenvalue weighted by atomic mass is 10.2. The predicted molar refractivity (Wildman–Crippen MR) is 252 cm³/mol. The molecule has 0 unspecified atom stereocenters. The predicted octanol–water partition coefficient (Wildman–Crippen LogP) is 8.04. The molecule has 15 nitrogen and oxygen atoms in total. The molecule has 17 heteroatoms. The number of rotatable bonds is 20. The lowest BCUT2D eigenvalue weighted by Crippen LogP contribution is -2.43. The molecule has 0 spiro atoms. The number of aromatic nitrogens is 2. The van der Waals surface area contributed by atoms with Gasteiger partial charge in [-0.1, -0.05) is 108 Å². The Balaban J connectivity index is 0.000000245. The topological polar surface area (TPSA) is 179 Å². The van der Waals surface area contributed by atoms with E-state index in [1.807, 2.05) is 104 Å². The van der Waals surface area contributed by atoms with Crippen LogP contribution in [0.3, 0.4) is 0 Å². The molecular weight excluding hydrogens is 857 g/mol. The molecule has 64 heavy (non-hydrogen) atoms. The molecule has 0 bridgehead atoms. The summed E-state index contributed by atoms with van der Waals surface area (Å²) in [6.07, 6.45) is 3.58. The summed E-state index contributed by atoms with van der Waals surface area (Å²) >= 11 is 12.3. The quantitative estimate of drug-likeness (QED) is 0.0372. The van der Waals surface area contributed by atoms with Gasteiger partial charge in [0.15, 0.2) is 0 Å². The molecule has 5 amide bonds. The average molecular weight is 911 g/mol. The maximum Gasteiger partial charge on any atom is 0.412 e.